The SMILES string of the molecule is CC(C)(C)OC(=O)N1CCOCC1c1cc(Cl)cc2c1CN(C(=O)C1CCOCC1)CC2. The molecule has 3 heterocycles. The third-order valence-corrected chi connectivity index (χ3v) is 6.56. The molecular formula is C24H33ClN2O5. The second-order valence-corrected chi connectivity index (χ2v) is 10.2. The van der Waals surface area contributed by atoms with Gasteiger partial charge in [-0.1, -0.05) is 11.6 Å². The molecule has 0 aliphatic carbocycles. The minimum Gasteiger partial charge on any atom is -0.444 e. The zero-order valence-electron chi connectivity index (χ0n) is 19.2. The van der Waals surface area contributed by atoms with Crippen LogP contribution in [0, 0.1) is 5.92 Å². The van der Waals surface area contributed by atoms with Gasteiger partial charge in [-0.3, -0.25) is 9.69 Å². The molecule has 0 N–H and O–H groups in total. The van der Waals surface area contributed by atoms with Gasteiger partial charge < -0.3 is 19.1 Å². The second kappa shape index (κ2) is 9.57. The number of hydrogen-bond donors (Lipinski definition) is 0. The first kappa shape index (κ1) is 23.3. The number of ether oxygens (including phenoxy) is 3. The number of nitrogens with zero attached hydrogens (tertiary/aromatic N) is 2. The van der Waals surface area contributed by atoms with E-state index in [1.165, 1.54) is 0 Å². The van der Waals surface area contributed by atoms with Crippen LogP contribution in [0.5, 0.6) is 0 Å². The maximum Gasteiger partial charge on any atom is 0.410 e. The van der Waals surface area contributed by atoms with E-state index in [9.17, 15) is 9.59 Å². The molecule has 8 heteroatoms. The highest BCUT2D eigenvalue weighted by molar-refractivity contribution is 6.30. The van der Waals surface area contributed by atoms with Gasteiger partial charge in [-0.2, -0.15) is 0 Å². The monoisotopic (exact) mass is 464 g/mol. The Bertz CT molecular complexity index is 863. The van der Waals surface area contributed by atoms with Gasteiger partial charge in [0.15, 0.2) is 0 Å². The van der Waals surface area contributed by atoms with Crippen LogP contribution in [0.3, 0.4) is 0 Å². The van der Waals surface area contributed by atoms with Crippen molar-refractivity contribution in [3.05, 3.63) is 33.8 Å². The van der Waals surface area contributed by atoms with E-state index < -0.39 is 5.60 Å². The van der Waals surface area contributed by atoms with Gasteiger partial charge in [-0.05, 0) is 68.9 Å². The number of rotatable bonds is 2. The summed E-state index contributed by atoms with van der Waals surface area (Å²) in [5, 5.41) is 0.637. The number of benzene rings is 1. The highest BCUT2D eigenvalue weighted by Crippen LogP contribution is 2.36. The molecule has 0 radical (unpaired) electrons. The second-order valence-electron chi connectivity index (χ2n) is 9.79. The summed E-state index contributed by atoms with van der Waals surface area (Å²) >= 11 is 6.49. The van der Waals surface area contributed by atoms with Gasteiger partial charge in [0.05, 0.1) is 19.3 Å². The molecule has 1 unspecified atom stereocenters. The Kier molecular flexibility index (Phi) is 6.98. The molecule has 2 fully saturated rings. The van der Waals surface area contributed by atoms with Gasteiger partial charge >= 0.3 is 6.09 Å². The first-order chi connectivity index (χ1) is 15.2. The van der Waals surface area contributed by atoms with Crippen LogP contribution in [-0.2, 0) is 32.0 Å². The first-order valence-corrected chi connectivity index (χ1v) is 11.9. The maximum atomic E-state index is 13.2. The standard InChI is InChI=1S/C24H33ClN2O5/c1-24(2,3)32-23(29)27-8-11-31-15-21(27)19-13-18(25)12-17-4-7-26(14-20(17)19)22(28)16-5-9-30-10-6-16/h12-13,16,21H,4-11,14-15H2,1-3H3. The van der Waals surface area contributed by atoms with Crippen LogP contribution in [0.15, 0.2) is 12.1 Å². The van der Waals surface area contributed by atoms with Crippen LogP contribution in [0.25, 0.3) is 0 Å². The van der Waals surface area contributed by atoms with Crippen LogP contribution in [0.2, 0.25) is 5.02 Å². The molecule has 1 aromatic rings. The number of amides is 2. The molecule has 0 bridgehead atoms. The van der Waals surface area contributed by atoms with Crippen molar-refractivity contribution >= 4 is 23.6 Å². The van der Waals surface area contributed by atoms with Crippen molar-refractivity contribution in [3.8, 4) is 0 Å². The highest BCUT2D eigenvalue weighted by Gasteiger charge is 2.36. The zero-order chi connectivity index (χ0) is 22.9. The quantitative estimate of drug-likeness (QED) is 0.662. The fourth-order valence-corrected chi connectivity index (χ4v) is 5.00. The summed E-state index contributed by atoms with van der Waals surface area (Å²) in [5.74, 6) is 0.223. The fraction of sp³-hybridized carbons (Fsp3) is 0.667. The highest BCUT2D eigenvalue weighted by atomic mass is 35.5. The summed E-state index contributed by atoms with van der Waals surface area (Å²) in [6, 6.07) is 3.60. The molecule has 3 aliphatic heterocycles. The molecule has 32 heavy (non-hydrogen) atoms. The zero-order valence-corrected chi connectivity index (χ0v) is 20.0. The largest absolute Gasteiger partial charge is 0.444 e. The van der Waals surface area contributed by atoms with Crippen LogP contribution >= 0.6 is 11.6 Å². The minimum absolute atomic E-state index is 0.0253. The van der Waals surface area contributed by atoms with Crippen molar-refractivity contribution < 1.29 is 23.8 Å². The number of hydrogen-bond acceptors (Lipinski definition) is 5. The average molecular weight is 465 g/mol. The molecule has 2 saturated heterocycles. The summed E-state index contributed by atoms with van der Waals surface area (Å²) in [6.45, 7) is 9.37. The van der Waals surface area contributed by atoms with Gasteiger partial charge in [0.25, 0.3) is 0 Å². The predicted octanol–water partition coefficient (Wildman–Crippen LogP) is 3.96. The Morgan fingerprint density at radius 2 is 1.84 bits per heavy atom. The number of halogens is 1. The van der Waals surface area contributed by atoms with Crippen molar-refractivity contribution in [3.63, 3.8) is 0 Å². The normalized spacial score (nSPS) is 22.4. The minimum atomic E-state index is -0.583. The molecule has 0 aromatic heterocycles. The molecule has 7 nitrogen and oxygen atoms in total. The van der Waals surface area contributed by atoms with E-state index in [4.69, 9.17) is 25.8 Å². The number of carbonyl (C=O) groups excluding carboxylic acids is 2. The van der Waals surface area contributed by atoms with Crippen LogP contribution in [-0.4, -0.2) is 66.9 Å². The molecule has 0 saturated carbocycles. The van der Waals surface area contributed by atoms with Crippen molar-refractivity contribution in [2.45, 2.75) is 58.2 Å². The van der Waals surface area contributed by atoms with E-state index >= 15 is 0 Å². The molecule has 4 rings (SSSR count). The van der Waals surface area contributed by atoms with Crippen LogP contribution < -0.4 is 0 Å². The van der Waals surface area contributed by atoms with Crippen LogP contribution in [0.4, 0.5) is 4.79 Å². The summed E-state index contributed by atoms with van der Waals surface area (Å²) in [4.78, 5) is 29.8. The van der Waals surface area contributed by atoms with Crippen LogP contribution in [0.1, 0.15) is 56.3 Å². The summed E-state index contributed by atoms with van der Waals surface area (Å²) in [6.07, 6.45) is 1.94. The maximum absolute atomic E-state index is 13.2. The number of fused-ring (bicyclic) bond motifs is 1. The Hall–Kier alpha value is -1.83. The third-order valence-electron chi connectivity index (χ3n) is 6.34. The van der Waals surface area contributed by atoms with E-state index in [2.05, 4.69) is 0 Å². The summed E-state index contributed by atoms with van der Waals surface area (Å²) in [7, 11) is 0. The van der Waals surface area contributed by atoms with Crippen molar-refractivity contribution in [2.75, 3.05) is 39.5 Å². The Labute approximate surface area is 194 Å². The Morgan fingerprint density at radius 3 is 2.56 bits per heavy atom. The molecule has 0 spiro atoms. The number of carbonyl (C=O) groups is 2. The van der Waals surface area contributed by atoms with E-state index in [1.54, 1.807) is 4.90 Å². The molecule has 1 atom stereocenters. The van der Waals surface area contributed by atoms with Gasteiger partial charge in [0, 0.05) is 43.8 Å². The molecule has 2 amide bonds. The predicted molar refractivity (Wildman–Crippen MR) is 121 cm³/mol. The van der Waals surface area contributed by atoms with Crippen molar-refractivity contribution in [1.82, 2.24) is 9.80 Å². The third kappa shape index (κ3) is 5.21. The van der Waals surface area contributed by atoms with E-state index in [0.717, 1.165) is 36.0 Å². The topological polar surface area (TPSA) is 68.3 Å². The summed E-state index contributed by atoms with van der Waals surface area (Å²) in [5.41, 5.74) is 2.58. The smallest absolute Gasteiger partial charge is 0.410 e. The van der Waals surface area contributed by atoms with E-state index in [1.807, 2.05) is 37.8 Å². The lowest BCUT2D eigenvalue weighted by atomic mass is 9.89. The van der Waals surface area contributed by atoms with E-state index in [0.29, 0.717) is 51.1 Å². The molecule has 176 valence electrons. The van der Waals surface area contributed by atoms with Gasteiger partial charge in [0.1, 0.15) is 5.60 Å². The lowest BCUT2D eigenvalue weighted by Gasteiger charge is -2.40. The average Bonchev–Trinajstić information content (AvgIpc) is 2.77. The Balaban J connectivity index is 1.61. The van der Waals surface area contributed by atoms with Gasteiger partial charge in [-0.25, -0.2) is 4.79 Å². The molecular weight excluding hydrogens is 432 g/mol. The van der Waals surface area contributed by atoms with E-state index in [-0.39, 0.29) is 24.0 Å². The molecule has 1 aromatic carbocycles. The number of morpholine rings is 1. The first-order valence-electron chi connectivity index (χ1n) is 11.5. The molecule has 3 aliphatic rings. The lowest BCUT2D eigenvalue weighted by Crippen LogP contribution is -2.47. The van der Waals surface area contributed by atoms with Crippen molar-refractivity contribution in [2.24, 2.45) is 5.92 Å². The van der Waals surface area contributed by atoms with Gasteiger partial charge in [-0.15, -0.1) is 0 Å². The fourth-order valence-electron chi connectivity index (χ4n) is 4.75. The van der Waals surface area contributed by atoms with Gasteiger partial charge in [0.2, 0.25) is 5.91 Å². The lowest BCUT2D eigenvalue weighted by molar-refractivity contribution is -0.139. The van der Waals surface area contributed by atoms with Crippen molar-refractivity contribution in [1.29, 1.82) is 0 Å². The summed E-state index contributed by atoms with van der Waals surface area (Å²) < 4.78 is 16.8. The Morgan fingerprint density at radius 1 is 1.09 bits per heavy atom.